The normalized spacial score (nSPS) is 17.0. The van der Waals surface area contributed by atoms with Gasteiger partial charge in [0.2, 0.25) is 0 Å². The Balaban J connectivity index is 1.78. The summed E-state index contributed by atoms with van der Waals surface area (Å²) in [7, 11) is 1.58. The summed E-state index contributed by atoms with van der Waals surface area (Å²) in [6.45, 7) is 2.84. The van der Waals surface area contributed by atoms with Gasteiger partial charge in [-0.25, -0.2) is 4.79 Å². The molecular formula is C19H21ClN2O2. The topological polar surface area (TPSA) is 41.6 Å². The van der Waals surface area contributed by atoms with Gasteiger partial charge in [0.1, 0.15) is 5.75 Å². The predicted molar refractivity (Wildman–Crippen MR) is 96.9 cm³/mol. The van der Waals surface area contributed by atoms with Gasteiger partial charge in [-0.15, -0.1) is 0 Å². The third kappa shape index (κ3) is 3.34. The molecule has 0 bridgehead atoms. The third-order valence-corrected chi connectivity index (χ3v) is 4.79. The van der Waals surface area contributed by atoms with Gasteiger partial charge in [0.25, 0.3) is 0 Å². The molecule has 1 heterocycles. The van der Waals surface area contributed by atoms with E-state index in [1.54, 1.807) is 25.3 Å². The maximum atomic E-state index is 12.7. The van der Waals surface area contributed by atoms with Gasteiger partial charge >= 0.3 is 6.03 Å². The molecular weight excluding hydrogens is 324 g/mol. The molecule has 5 heteroatoms. The Labute approximate surface area is 147 Å². The molecule has 4 nitrogen and oxygen atoms in total. The number of methoxy groups -OCH3 is 1. The Bertz CT molecular complexity index is 748. The van der Waals surface area contributed by atoms with Crippen LogP contribution in [-0.4, -0.2) is 24.6 Å². The van der Waals surface area contributed by atoms with Crippen molar-refractivity contribution in [2.75, 3.05) is 19.0 Å². The number of rotatable bonds is 3. The molecule has 1 aliphatic heterocycles. The van der Waals surface area contributed by atoms with E-state index in [0.29, 0.717) is 16.5 Å². The molecule has 0 saturated carbocycles. The number of nitrogens with zero attached hydrogens (tertiary/aromatic N) is 1. The highest BCUT2D eigenvalue weighted by Gasteiger charge is 2.31. The molecule has 126 valence electrons. The Morgan fingerprint density at radius 1 is 1.29 bits per heavy atom. The highest BCUT2D eigenvalue weighted by atomic mass is 35.5. The monoisotopic (exact) mass is 344 g/mol. The molecule has 24 heavy (non-hydrogen) atoms. The number of nitrogens with one attached hydrogen (secondary N) is 1. The van der Waals surface area contributed by atoms with E-state index in [-0.39, 0.29) is 12.1 Å². The number of urea groups is 1. The van der Waals surface area contributed by atoms with Gasteiger partial charge in [0.05, 0.1) is 23.9 Å². The molecule has 1 aliphatic rings. The standard InChI is InChI=1S/C19H21ClN2O2/c1-13-6-3-4-7-15(13)18-8-5-11-22(18)19(23)21-17-10-9-14(24-2)12-16(17)20/h3-4,6-7,9-10,12,18H,5,8,11H2,1-2H3,(H,21,23). The number of anilines is 1. The van der Waals surface area contributed by atoms with Crippen molar-refractivity contribution in [3.63, 3.8) is 0 Å². The van der Waals surface area contributed by atoms with Gasteiger partial charge in [0, 0.05) is 12.6 Å². The number of ether oxygens (including phenoxy) is 1. The van der Waals surface area contributed by atoms with Crippen LogP contribution in [0.25, 0.3) is 0 Å². The van der Waals surface area contributed by atoms with Gasteiger partial charge in [-0.1, -0.05) is 35.9 Å². The van der Waals surface area contributed by atoms with Crippen LogP contribution in [0.2, 0.25) is 5.02 Å². The van der Waals surface area contributed by atoms with E-state index in [4.69, 9.17) is 16.3 Å². The third-order valence-electron chi connectivity index (χ3n) is 4.48. The SMILES string of the molecule is COc1ccc(NC(=O)N2CCCC2c2ccccc2C)c(Cl)c1. The van der Waals surface area contributed by atoms with Crippen molar-refractivity contribution >= 4 is 23.3 Å². The Morgan fingerprint density at radius 3 is 2.79 bits per heavy atom. The molecule has 2 aromatic carbocycles. The minimum Gasteiger partial charge on any atom is -0.497 e. The summed E-state index contributed by atoms with van der Waals surface area (Å²) in [5, 5.41) is 3.39. The van der Waals surface area contributed by atoms with Crippen molar-refractivity contribution in [1.82, 2.24) is 4.90 Å². The fourth-order valence-electron chi connectivity index (χ4n) is 3.20. The molecule has 0 radical (unpaired) electrons. The van der Waals surface area contributed by atoms with Crippen molar-refractivity contribution in [3.8, 4) is 5.75 Å². The fraction of sp³-hybridized carbons (Fsp3) is 0.316. The molecule has 0 aromatic heterocycles. The van der Waals surface area contributed by atoms with Gasteiger partial charge in [-0.3, -0.25) is 0 Å². The highest BCUT2D eigenvalue weighted by Crippen LogP contribution is 2.35. The van der Waals surface area contributed by atoms with Crippen molar-refractivity contribution in [3.05, 3.63) is 58.6 Å². The summed E-state index contributed by atoms with van der Waals surface area (Å²) in [4.78, 5) is 14.6. The molecule has 1 fully saturated rings. The number of benzene rings is 2. The largest absolute Gasteiger partial charge is 0.497 e. The summed E-state index contributed by atoms with van der Waals surface area (Å²) in [5.74, 6) is 0.664. The van der Waals surface area contributed by atoms with Gasteiger partial charge in [0.15, 0.2) is 0 Å². The van der Waals surface area contributed by atoms with Crippen LogP contribution in [0.3, 0.4) is 0 Å². The number of carbonyl (C=O) groups excluding carboxylic acids is 1. The van der Waals surface area contributed by atoms with Crippen LogP contribution in [0.4, 0.5) is 10.5 Å². The fourth-order valence-corrected chi connectivity index (χ4v) is 3.42. The van der Waals surface area contributed by atoms with Crippen LogP contribution in [0.15, 0.2) is 42.5 Å². The molecule has 1 N–H and O–H groups in total. The lowest BCUT2D eigenvalue weighted by Gasteiger charge is -2.26. The van der Waals surface area contributed by atoms with E-state index >= 15 is 0 Å². The van der Waals surface area contributed by atoms with Crippen molar-refractivity contribution in [2.45, 2.75) is 25.8 Å². The van der Waals surface area contributed by atoms with E-state index in [0.717, 1.165) is 19.4 Å². The Kier molecular flexibility index (Phi) is 4.95. The first-order valence-electron chi connectivity index (χ1n) is 8.07. The zero-order valence-corrected chi connectivity index (χ0v) is 14.6. The minimum absolute atomic E-state index is 0.114. The summed E-state index contributed by atoms with van der Waals surface area (Å²) in [6, 6.07) is 13.5. The lowest BCUT2D eigenvalue weighted by molar-refractivity contribution is 0.207. The van der Waals surface area contributed by atoms with Crippen LogP contribution < -0.4 is 10.1 Å². The Hall–Kier alpha value is -2.20. The van der Waals surface area contributed by atoms with E-state index in [2.05, 4.69) is 24.4 Å². The second-order valence-corrected chi connectivity index (χ2v) is 6.39. The van der Waals surface area contributed by atoms with Crippen LogP contribution in [0, 0.1) is 6.92 Å². The van der Waals surface area contributed by atoms with Gasteiger partial charge in [-0.2, -0.15) is 0 Å². The smallest absolute Gasteiger partial charge is 0.322 e. The lowest BCUT2D eigenvalue weighted by atomic mass is 9.99. The maximum Gasteiger partial charge on any atom is 0.322 e. The number of aryl methyl sites for hydroxylation is 1. The van der Waals surface area contributed by atoms with E-state index in [1.165, 1.54) is 11.1 Å². The molecule has 0 aliphatic carbocycles. The summed E-state index contributed by atoms with van der Waals surface area (Å²) >= 11 is 6.22. The quantitative estimate of drug-likeness (QED) is 0.848. The molecule has 3 rings (SSSR count). The molecule has 0 spiro atoms. The summed E-state index contributed by atoms with van der Waals surface area (Å²) in [5.41, 5.74) is 3.02. The molecule has 1 unspecified atom stereocenters. The lowest BCUT2D eigenvalue weighted by Crippen LogP contribution is -2.34. The Morgan fingerprint density at radius 2 is 2.08 bits per heavy atom. The van der Waals surface area contributed by atoms with E-state index < -0.39 is 0 Å². The second kappa shape index (κ2) is 7.14. The number of amides is 2. The van der Waals surface area contributed by atoms with Crippen LogP contribution in [0.5, 0.6) is 5.75 Å². The first-order chi connectivity index (χ1) is 11.6. The summed E-state index contributed by atoms with van der Waals surface area (Å²) < 4.78 is 5.14. The molecule has 1 atom stereocenters. The van der Waals surface area contributed by atoms with Crippen molar-refractivity contribution in [2.24, 2.45) is 0 Å². The number of halogens is 1. The maximum absolute atomic E-state index is 12.7. The van der Waals surface area contributed by atoms with E-state index in [1.807, 2.05) is 17.0 Å². The molecule has 1 saturated heterocycles. The van der Waals surface area contributed by atoms with E-state index in [9.17, 15) is 4.79 Å². The highest BCUT2D eigenvalue weighted by molar-refractivity contribution is 6.33. The molecule has 2 aromatic rings. The molecule has 2 amide bonds. The first-order valence-corrected chi connectivity index (χ1v) is 8.44. The average molecular weight is 345 g/mol. The van der Waals surface area contributed by atoms with Gasteiger partial charge in [-0.05, 0) is 43.0 Å². The first kappa shape index (κ1) is 16.7. The number of likely N-dealkylation sites (tertiary alicyclic amines) is 1. The predicted octanol–water partition coefficient (Wildman–Crippen LogP) is 5.03. The number of carbonyl (C=O) groups is 1. The number of hydrogen-bond acceptors (Lipinski definition) is 2. The average Bonchev–Trinajstić information content (AvgIpc) is 3.06. The summed E-state index contributed by atoms with van der Waals surface area (Å²) in [6.07, 6.45) is 1.98. The van der Waals surface area contributed by atoms with Crippen LogP contribution in [-0.2, 0) is 0 Å². The minimum atomic E-state index is -0.118. The van der Waals surface area contributed by atoms with Crippen LogP contribution >= 0.6 is 11.6 Å². The van der Waals surface area contributed by atoms with Crippen molar-refractivity contribution in [1.29, 1.82) is 0 Å². The van der Waals surface area contributed by atoms with Crippen LogP contribution in [0.1, 0.15) is 30.0 Å². The second-order valence-electron chi connectivity index (χ2n) is 5.98. The zero-order valence-electron chi connectivity index (χ0n) is 13.9. The van der Waals surface area contributed by atoms with Gasteiger partial charge < -0.3 is 15.0 Å². The zero-order chi connectivity index (χ0) is 17.1. The number of hydrogen-bond donors (Lipinski definition) is 1. The van der Waals surface area contributed by atoms with Crippen molar-refractivity contribution < 1.29 is 9.53 Å².